The molecule has 0 bridgehead atoms. The van der Waals surface area contributed by atoms with Gasteiger partial charge in [-0.3, -0.25) is 0 Å². The quantitative estimate of drug-likeness (QED) is 0.407. The van der Waals surface area contributed by atoms with Gasteiger partial charge < -0.3 is 23.5 Å². The number of rotatable bonds is 7. The lowest BCUT2D eigenvalue weighted by Gasteiger charge is -2.25. The van der Waals surface area contributed by atoms with Gasteiger partial charge in [-0.1, -0.05) is 0 Å². The third kappa shape index (κ3) is 3.99. The molecule has 4 aromatic heterocycles. The highest BCUT2D eigenvalue weighted by Gasteiger charge is 2.28. The number of imidazole rings is 1. The van der Waals surface area contributed by atoms with Gasteiger partial charge in [0, 0.05) is 38.4 Å². The molecule has 0 amide bonds. The maximum Gasteiger partial charge on any atom is 0.231 e. The number of hydrogen-bond acceptors (Lipinski definition) is 8. The molecule has 0 spiro atoms. The van der Waals surface area contributed by atoms with Crippen LogP contribution in [0, 0.1) is 5.92 Å². The van der Waals surface area contributed by atoms with Crippen LogP contribution in [-0.4, -0.2) is 65.7 Å². The Kier molecular flexibility index (Phi) is 5.80. The van der Waals surface area contributed by atoms with Crippen molar-refractivity contribution in [3.05, 3.63) is 36.7 Å². The summed E-state index contributed by atoms with van der Waals surface area (Å²) in [7, 11) is 1.75. The Balaban J connectivity index is 1.31. The molecule has 34 heavy (non-hydrogen) atoms. The molecule has 2 atom stereocenters. The lowest BCUT2D eigenvalue weighted by Crippen LogP contribution is -2.33. The van der Waals surface area contributed by atoms with E-state index in [1.54, 1.807) is 24.0 Å². The third-order valence-electron chi connectivity index (χ3n) is 6.74. The molecule has 0 saturated carbocycles. The van der Waals surface area contributed by atoms with Crippen LogP contribution in [0.4, 0.5) is 5.82 Å². The first kappa shape index (κ1) is 21.4. The van der Waals surface area contributed by atoms with Crippen LogP contribution in [0.25, 0.3) is 28.1 Å². The molecule has 178 valence electrons. The Hall–Kier alpha value is -3.17. The minimum absolute atomic E-state index is 0.327. The van der Waals surface area contributed by atoms with Crippen molar-refractivity contribution in [1.82, 2.24) is 19.6 Å². The molecule has 6 rings (SSSR count). The maximum absolute atomic E-state index is 6.25. The second kappa shape index (κ2) is 9.23. The maximum atomic E-state index is 6.25. The summed E-state index contributed by atoms with van der Waals surface area (Å²) in [4.78, 5) is 11.6. The van der Waals surface area contributed by atoms with E-state index in [4.69, 9.17) is 28.7 Å². The topological polar surface area (TPSA) is 87.2 Å². The summed E-state index contributed by atoms with van der Waals surface area (Å²) in [5.74, 6) is 2.61. The zero-order chi connectivity index (χ0) is 22.9. The SMILES string of the molecule is COC[C@H]1CCCN1c1nccc2oc(-c3cnc4ccc(OC[C@H]5CCCOC5)nn34)cc12. The molecule has 0 aliphatic carbocycles. The summed E-state index contributed by atoms with van der Waals surface area (Å²) in [6, 6.07) is 8.05. The summed E-state index contributed by atoms with van der Waals surface area (Å²) in [5.41, 5.74) is 2.31. The molecule has 0 aromatic carbocycles. The molecule has 2 aliphatic heterocycles. The van der Waals surface area contributed by atoms with Crippen molar-refractivity contribution in [1.29, 1.82) is 0 Å². The van der Waals surface area contributed by atoms with Gasteiger partial charge in [-0.15, -0.1) is 5.10 Å². The molecule has 2 fully saturated rings. The lowest BCUT2D eigenvalue weighted by atomic mass is 10.0. The minimum atomic E-state index is 0.327. The van der Waals surface area contributed by atoms with Crippen molar-refractivity contribution in [2.75, 3.05) is 45.0 Å². The highest BCUT2D eigenvalue weighted by molar-refractivity contribution is 5.92. The van der Waals surface area contributed by atoms with E-state index in [0.29, 0.717) is 36.8 Å². The molecule has 9 nitrogen and oxygen atoms in total. The highest BCUT2D eigenvalue weighted by Crippen LogP contribution is 2.35. The van der Waals surface area contributed by atoms with Gasteiger partial charge in [-0.2, -0.15) is 0 Å². The predicted octanol–water partition coefficient (Wildman–Crippen LogP) is 3.96. The number of methoxy groups -OCH3 is 1. The first-order valence-corrected chi connectivity index (χ1v) is 12.0. The molecule has 9 heteroatoms. The number of ether oxygens (including phenoxy) is 3. The van der Waals surface area contributed by atoms with E-state index >= 15 is 0 Å². The second-order valence-corrected chi connectivity index (χ2v) is 9.08. The molecular formula is C25H29N5O4. The summed E-state index contributed by atoms with van der Waals surface area (Å²) in [5, 5.41) is 5.68. The van der Waals surface area contributed by atoms with Gasteiger partial charge in [0.1, 0.15) is 17.1 Å². The van der Waals surface area contributed by atoms with Gasteiger partial charge in [0.2, 0.25) is 5.88 Å². The van der Waals surface area contributed by atoms with Crippen molar-refractivity contribution < 1.29 is 18.6 Å². The fourth-order valence-electron chi connectivity index (χ4n) is 5.03. The Bertz CT molecular complexity index is 1280. The summed E-state index contributed by atoms with van der Waals surface area (Å²) in [6.45, 7) is 3.84. The van der Waals surface area contributed by atoms with Crippen LogP contribution in [0.1, 0.15) is 25.7 Å². The Morgan fingerprint density at radius 1 is 1.12 bits per heavy atom. The van der Waals surface area contributed by atoms with Crippen molar-refractivity contribution in [3.8, 4) is 17.3 Å². The molecular weight excluding hydrogens is 434 g/mol. The van der Waals surface area contributed by atoms with Gasteiger partial charge in [-0.25, -0.2) is 14.5 Å². The van der Waals surface area contributed by atoms with E-state index in [2.05, 4.69) is 9.88 Å². The smallest absolute Gasteiger partial charge is 0.231 e. The fourth-order valence-corrected chi connectivity index (χ4v) is 5.03. The predicted molar refractivity (Wildman–Crippen MR) is 127 cm³/mol. The molecule has 0 N–H and O–H groups in total. The first-order valence-electron chi connectivity index (χ1n) is 12.0. The normalized spacial score (nSPS) is 21.0. The van der Waals surface area contributed by atoms with Gasteiger partial charge in [0.25, 0.3) is 0 Å². The zero-order valence-electron chi connectivity index (χ0n) is 19.4. The number of nitrogens with zero attached hydrogens (tertiary/aromatic N) is 5. The van der Waals surface area contributed by atoms with E-state index in [1.807, 2.05) is 24.3 Å². The molecule has 0 unspecified atom stereocenters. The summed E-state index contributed by atoms with van der Waals surface area (Å²) >= 11 is 0. The van der Waals surface area contributed by atoms with E-state index in [1.165, 1.54) is 0 Å². The number of hydrogen-bond donors (Lipinski definition) is 0. The van der Waals surface area contributed by atoms with Crippen molar-refractivity contribution in [2.24, 2.45) is 5.92 Å². The van der Waals surface area contributed by atoms with Crippen LogP contribution in [-0.2, 0) is 9.47 Å². The first-order chi connectivity index (χ1) is 16.8. The largest absolute Gasteiger partial charge is 0.476 e. The van der Waals surface area contributed by atoms with Gasteiger partial charge >= 0.3 is 0 Å². The molecule has 2 aliphatic rings. The average Bonchev–Trinajstić information content (AvgIpc) is 3.61. The number of aromatic nitrogens is 4. The Morgan fingerprint density at radius 2 is 2.09 bits per heavy atom. The van der Waals surface area contributed by atoms with Crippen LogP contribution in [0.15, 0.2) is 41.1 Å². The Labute approximate surface area is 197 Å². The number of furan rings is 1. The third-order valence-corrected chi connectivity index (χ3v) is 6.74. The molecule has 6 heterocycles. The van der Waals surface area contributed by atoms with Crippen LogP contribution < -0.4 is 9.64 Å². The van der Waals surface area contributed by atoms with Crippen LogP contribution in [0.2, 0.25) is 0 Å². The monoisotopic (exact) mass is 463 g/mol. The van der Waals surface area contributed by atoms with E-state index in [0.717, 1.165) is 73.6 Å². The van der Waals surface area contributed by atoms with Crippen molar-refractivity contribution >= 4 is 22.4 Å². The second-order valence-electron chi connectivity index (χ2n) is 9.08. The van der Waals surface area contributed by atoms with E-state index in [9.17, 15) is 0 Å². The average molecular weight is 464 g/mol. The zero-order valence-corrected chi connectivity index (χ0v) is 19.4. The van der Waals surface area contributed by atoms with Gasteiger partial charge in [0.15, 0.2) is 11.4 Å². The molecule has 2 saturated heterocycles. The lowest BCUT2D eigenvalue weighted by molar-refractivity contribution is 0.0342. The standard InChI is InChI=1S/C25H29N5O4/c1-31-16-18-5-2-10-29(18)25-19-12-22(34-21(19)8-9-26-25)20-13-27-23-6-7-24(28-30(20)23)33-15-17-4-3-11-32-14-17/h6-9,12-13,17-18H,2-5,10-11,14-16H2,1H3/t17-,18+/m0/s1. The number of pyridine rings is 1. The van der Waals surface area contributed by atoms with Gasteiger partial charge in [0.05, 0.1) is 37.4 Å². The van der Waals surface area contributed by atoms with E-state index < -0.39 is 0 Å². The molecule has 4 aromatic rings. The van der Waals surface area contributed by atoms with E-state index in [-0.39, 0.29) is 0 Å². The summed E-state index contributed by atoms with van der Waals surface area (Å²) in [6.07, 6.45) is 8.03. The van der Waals surface area contributed by atoms with Crippen molar-refractivity contribution in [2.45, 2.75) is 31.7 Å². The summed E-state index contributed by atoms with van der Waals surface area (Å²) < 4.78 is 25.0. The number of fused-ring (bicyclic) bond motifs is 2. The number of anilines is 1. The Morgan fingerprint density at radius 3 is 2.97 bits per heavy atom. The van der Waals surface area contributed by atoms with Crippen LogP contribution in [0.3, 0.4) is 0 Å². The fraction of sp³-hybridized carbons (Fsp3) is 0.480. The minimum Gasteiger partial charge on any atom is -0.476 e. The van der Waals surface area contributed by atoms with Crippen LogP contribution >= 0.6 is 0 Å². The van der Waals surface area contributed by atoms with Crippen molar-refractivity contribution in [3.63, 3.8) is 0 Å². The van der Waals surface area contributed by atoms with Crippen LogP contribution in [0.5, 0.6) is 5.88 Å². The van der Waals surface area contributed by atoms with Gasteiger partial charge in [-0.05, 0) is 43.9 Å². The highest BCUT2D eigenvalue weighted by atomic mass is 16.5. The molecule has 0 radical (unpaired) electrons.